The summed E-state index contributed by atoms with van der Waals surface area (Å²) in [4.78, 5) is 7.02. The molecule has 2 aliphatic rings. The lowest BCUT2D eigenvalue weighted by Gasteiger charge is -2.37. The normalized spacial score (nSPS) is 18.0. The molecule has 1 saturated heterocycles. The predicted molar refractivity (Wildman–Crippen MR) is 138 cm³/mol. The summed E-state index contributed by atoms with van der Waals surface area (Å²) in [5.41, 5.74) is 4.83. The molecule has 35 heavy (non-hydrogen) atoms. The summed E-state index contributed by atoms with van der Waals surface area (Å²) in [6.07, 6.45) is 6.64. The van der Waals surface area contributed by atoms with E-state index in [1.807, 2.05) is 54.7 Å². The molecule has 0 radical (unpaired) electrons. The number of rotatable bonds is 5. The van der Waals surface area contributed by atoms with Crippen molar-refractivity contribution in [2.45, 2.75) is 31.3 Å². The van der Waals surface area contributed by atoms with Gasteiger partial charge in [0.2, 0.25) is 0 Å². The number of nitrogens with zero attached hydrogens (tertiary/aromatic N) is 3. The van der Waals surface area contributed by atoms with Gasteiger partial charge in [-0.2, -0.15) is 5.26 Å². The molecule has 5 rings (SSSR count). The minimum absolute atomic E-state index is 0.432. The summed E-state index contributed by atoms with van der Waals surface area (Å²) < 4.78 is 11.6. The van der Waals surface area contributed by atoms with Gasteiger partial charge in [0.25, 0.3) is 0 Å². The van der Waals surface area contributed by atoms with Crippen LogP contribution in [-0.2, 0) is 12.0 Å². The number of aromatic nitrogens is 1. The smallest absolute Gasteiger partial charge is 0.131 e. The Morgan fingerprint density at radius 3 is 2.69 bits per heavy atom. The van der Waals surface area contributed by atoms with Crippen molar-refractivity contribution >= 4 is 17.2 Å². The number of piperidine rings is 1. The Hall–Kier alpha value is -3.33. The molecule has 0 saturated carbocycles. The number of benzene rings is 2. The molecule has 1 aromatic heterocycles. The summed E-state index contributed by atoms with van der Waals surface area (Å²) >= 11 is 6.06. The fourth-order valence-electron chi connectivity index (χ4n) is 5.07. The number of pyridine rings is 1. The number of ether oxygens (including phenoxy) is 2. The minimum Gasteiger partial charge on any atom is -0.497 e. The second-order valence-electron chi connectivity index (χ2n) is 9.10. The van der Waals surface area contributed by atoms with Crippen LogP contribution in [0.4, 0.5) is 0 Å². The van der Waals surface area contributed by atoms with Gasteiger partial charge < -0.3 is 14.4 Å². The third-order valence-electron chi connectivity index (χ3n) is 7.14. The Morgan fingerprint density at radius 2 is 1.94 bits per heavy atom. The highest BCUT2D eigenvalue weighted by atomic mass is 35.5. The molecule has 2 aromatic carbocycles. The summed E-state index contributed by atoms with van der Waals surface area (Å²) in [6.45, 7) is 3.16. The molecular weight excluding hydrogens is 458 g/mol. The van der Waals surface area contributed by atoms with Gasteiger partial charge in [-0.05, 0) is 79.9 Å². The van der Waals surface area contributed by atoms with E-state index in [0.717, 1.165) is 78.4 Å². The molecule has 0 amide bonds. The van der Waals surface area contributed by atoms with Crippen LogP contribution in [0.1, 0.15) is 41.6 Å². The summed E-state index contributed by atoms with van der Waals surface area (Å²) in [6, 6.07) is 20.4. The molecular formula is C29H28ClN3O2. The zero-order valence-corrected chi connectivity index (χ0v) is 20.6. The number of hydrogen-bond donors (Lipinski definition) is 0. The molecule has 1 fully saturated rings. The fraction of sp³-hybridized carbons (Fsp3) is 0.310. The highest BCUT2D eigenvalue weighted by Crippen LogP contribution is 2.39. The summed E-state index contributed by atoms with van der Waals surface area (Å²) in [5.74, 6) is 1.64. The molecule has 178 valence electrons. The molecule has 0 aliphatic carbocycles. The van der Waals surface area contributed by atoms with Crippen molar-refractivity contribution < 1.29 is 9.47 Å². The van der Waals surface area contributed by atoms with E-state index in [1.165, 1.54) is 0 Å². The second-order valence-corrected chi connectivity index (χ2v) is 9.53. The first-order chi connectivity index (χ1) is 17.1. The zero-order chi connectivity index (χ0) is 24.3. The lowest BCUT2D eigenvalue weighted by Crippen LogP contribution is -2.42. The Kier molecular flexibility index (Phi) is 6.77. The van der Waals surface area contributed by atoms with Crippen molar-refractivity contribution in [2.24, 2.45) is 0 Å². The molecule has 0 atom stereocenters. The van der Waals surface area contributed by atoms with E-state index in [9.17, 15) is 5.26 Å². The van der Waals surface area contributed by atoms with Gasteiger partial charge in [0.05, 0.1) is 24.3 Å². The first kappa shape index (κ1) is 23.4. The van der Waals surface area contributed by atoms with E-state index in [-0.39, 0.29) is 0 Å². The van der Waals surface area contributed by atoms with Gasteiger partial charge in [-0.15, -0.1) is 0 Å². The number of halogens is 1. The van der Waals surface area contributed by atoms with Crippen LogP contribution in [0.15, 0.2) is 66.9 Å². The van der Waals surface area contributed by atoms with Crippen molar-refractivity contribution in [3.8, 4) is 17.6 Å². The Labute approximate surface area is 211 Å². The van der Waals surface area contributed by atoms with Crippen LogP contribution in [0.2, 0.25) is 5.02 Å². The van der Waals surface area contributed by atoms with Gasteiger partial charge in [0, 0.05) is 28.9 Å². The first-order valence-electron chi connectivity index (χ1n) is 12.0. The highest BCUT2D eigenvalue weighted by molar-refractivity contribution is 6.30. The van der Waals surface area contributed by atoms with Gasteiger partial charge in [-0.1, -0.05) is 35.9 Å². The predicted octanol–water partition coefficient (Wildman–Crippen LogP) is 6.02. The molecule has 5 nitrogen and oxygen atoms in total. The van der Waals surface area contributed by atoms with Gasteiger partial charge >= 0.3 is 0 Å². The van der Waals surface area contributed by atoms with Gasteiger partial charge in [0.15, 0.2) is 0 Å². The second kappa shape index (κ2) is 10.1. The largest absolute Gasteiger partial charge is 0.497 e. The van der Waals surface area contributed by atoms with Crippen LogP contribution >= 0.6 is 11.6 Å². The number of likely N-dealkylation sites (tertiary alicyclic amines) is 1. The fourth-order valence-corrected chi connectivity index (χ4v) is 5.19. The number of hydrogen-bond acceptors (Lipinski definition) is 5. The first-order valence-corrected chi connectivity index (χ1v) is 12.3. The van der Waals surface area contributed by atoms with Crippen LogP contribution in [0, 0.1) is 11.3 Å². The van der Waals surface area contributed by atoms with Crippen LogP contribution < -0.4 is 9.47 Å². The molecule has 0 bridgehead atoms. The van der Waals surface area contributed by atoms with Gasteiger partial charge in [0.1, 0.15) is 18.1 Å². The molecule has 0 N–H and O–H groups in total. The zero-order valence-electron chi connectivity index (χ0n) is 19.8. The average molecular weight is 486 g/mol. The van der Waals surface area contributed by atoms with E-state index in [4.69, 9.17) is 21.1 Å². The summed E-state index contributed by atoms with van der Waals surface area (Å²) in [5, 5.41) is 10.7. The Bertz CT molecular complexity index is 1270. The molecule has 6 heteroatoms. The van der Waals surface area contributed by atoms with Crippen LogP contribution in [0.5, 0.6) is 11.5 Å². The van der Waals surface area contributed by atoms with Crippen molar-refractivity contribution in [3.05, 3.63) is 94.3 Å². The number of nitriles is 1. The molecule has 0 spiro atoms. The van der Waals surface area contributed by atoms with E-state index in [0.29, 0.717) is 11.6 Å². The third kappa shape index (κ3) is 4.77. The minimum atomic E-state index is -0.432. The quantitative estimate of drug-likeness (QED) is 0.442. The van der Waals surface area contributed by atoms with E-state index in [1.54, 1.807) is 7.11 Å². The van der Waals surface area contributed by atoms with Crippen molar-refractivity contribution in [1.29, 1.82) is 5.26 Å². The van der Waals surface area contributed by atoms with Gasteiger partial charge in [-0.25, -0.2) is 0 Å². The standard InChI is InChI=1S/C29H28ClN3O2/c1-34-23-10-11-28-26(18-23)24(25-4-2-14-32-27(25)19-35-28)5-3-15-33-16-12-29(20-31,13-17-33)21-6-8-22(30)9-7-21/h2,4-11,14,18H,3,12-13,15-17,19H2,1H3/b24-5-. The van der Waals surface area contributed by atoms with E-state index >= 15 is 0 Å². The monoisotopic (exact) mass is 485 g/mol. The highest BCUT2D eigenvalue weighted by Gasteiger charge is 2.36. The van der Waals surface area contributed by atoms with Crippen molar-refractivity contribution in [1.82, 2.24) is 9.88 Å². The van der Waals surface area contributed by atoms with Crippen molar-refractivity contribution in [3.63, 3.8) is 0 Å². The molecule has 3 aromatic rings. The summed E-state index contributed by atoms with van der Waals surface area (Å²) in [7, 11) is 1.68. The van der Waals surface area contributed by atoms with Crippen LogP contribution in [-0.4, -0.2) is 36.6 Å². The third-order valence-corrected chi connectivity index (χ3v) is 7.39. The van der Waals surface area contributed by atoms with Crippen molar-refractivity contribution in [2.75, 3.05) is 26.7 Å². The van der Waals surface area contributed by atoms with Gasteiger partial charge in [-0.3, -0.25) is 4.98 Å². The topological polar surface area (TPSA) is 58.4 Å². The lowest BCUT2D eigenvalue weighted by molar-refractivity contribution is 0.189. The Morgan fingerprint density at radius 1 is 1.14 bits per heavy atom. The van der Waals surface area contributed by atoms with Crippen LogP contribution in [0.25, 0.3) is 5.57 Å². The van der Waals surface area contributed by atoms with E-state index in [2.05, 4.69) is 28.1 Å². The molecule has 2 aliphatic heterocycles. The maximum absolute atomic E-state index is 10.0. The van der Waals surface area contributed by atoms with E-state index < -0.39 is 5.41 Å². The SMILES string of the molecule is COc1ccc2c(c1)/C(=C\CCN1CCC(C#N)(c3ccc(Cl)cc3)CC1)c1cccnc1CO2. The molecule has 3 heterocycles. The number of fused-ring (bicyclic) bond motifs is 2. The molecule has 0 unspecified atom stereocenters. The average Bonchev–Trinajstić information content (AvgIpc) is 3.06. The number of methoxy groups -OCH3 is 1. The maximum Gasteiger partial charge on any atom is 0.131 e. The maximum atomic E-state index is 10.0. The Balaban J connectivity index is 1.33. The lowest BCUT2D eigenvalue weighted by atomic mass is 9.74. The van der Waals surface area contributed by atoms with Crippen LogP contribution in [0.3, 0.4) is 0 Å².